The van der Waals surface area contributed by atoms with E-state index >= 15 is 0 Å². The second-order valence-corrected chi connectivity index (χ2v) is 4.26. The maximum Gasteiger partial charge on any atom is 0.269 e. The molecule has 0 saturated carbocycles. The van der Waals surface area contributed by atoms with E-state index in [4.69, 9.17) is 0 Å². The third-order valence-electron chi connectivity index (χ3n) is 2.85. The lowest BCUT2D eigenvalue weighted by molar-refractivity contribution is -0.384. The van der Waals surface area contributed by atoms with Gasteiger partial charge in [0.15, 0.2) is 0 Å². The molecular weight excluding hydrogens is 244 g/mol. The minimum absolute atomic E-state index is 0.0188. The zero-order valence-electron chi connectivity index (χ0n) is 10.4. The van der Waals surface area contributed by atoms with Gasteiger partial charge in [-0.25, -0.2) is 0 Å². The van der Waals surface area contributed by atoms with Gasteiger partial charge in [-0.1, -0.05) is 12.1 Å². The van der Waals surface area contributed by atoms with Crippen molar-refractivity contribution in [1.82, 2.24) is 0 Å². The number of rotatable bonds is 4. The van der Waals surface area contributed by atoms with E-state index in [9.17, 15) is 15.2 Å². The SMILES string of the molecule is CC(Nc1ccc(O)cc1)c1ccc([N+](=O)[O-])cc1. The number of non-ortho nitro benzene ring substituents is 1. The van der Waals surface area contributed by atoms with Gasteiger partial charge in [0.25, 0.3) is 5.69 Å². The predicted octanol–water partition coefficient (Wildman–Crippen LogP) is 3.47. The fraction of sp³-hybridized carbons (Fsp3) is 0.143. The van der Waals surface area contributed by atoms with Crippen molar-refractivity contribution in [2.45, 2.75) is 13.0 Å². The van der Waals surface area contributed by atoms with Crippen molar-refractivity contribution in [2.75, 3.05) is 5.32 Å². The molecule has 98 valence electrons. The number of phenols is 1. The average molecular weight is 258 g/mol. The van der Waals surface area contributed by atoms with E-state index in [1.165, 1.54) is 12.1 Å². The molecule has 0 aromatic heterocycles. The van der Waals surface area contributed by atoms with Gasteiger partial charge < -0.3 is 10.4 Å². The van der Waals surface area contributed by atoms with Crippen LogP contribution in [0.1, 0.15) is 18.5 Å². The summed E-state index contributed by atoms with van der Waals surface area (Å²) in [5.74, 6) is 0.216. The summed E-state index contributed by atoms with van der Waals surface area (Å²) < 4.78 is 0. The van der Waals surface area contributed by atoms with Gasteiger partial charge in [-0.05, 0) is 36.8 Å². The number of hydrogen-bond donors (Lipinski definition) is 2. The summed E-state index contributed by atoms with van der Waals surface area (Å²) in [6.07, 6.45) is 0. The van der Waals surface area contributed by atoms with Crippen LogP contribution in [-0.4, -0.2) is 10.0 Å². The van der Waals surface area contributed by atoms with E-state index in [1.807, 2.05) is 6.92 Å². The number of nitrogens with zero attached hydrogens (tertiary/aromatic N) is 1. The van der Waals surface area contributed by atoms with Gasteiger partial charge in [-0.2, -0.15) is 0 Å². The molecule has 1 unspecified atom stereocenters. The van der Waals surface area contributed by atoms with Crippen LogP contribution in [0.2, 0.25) is 0 Å². The van der Waals surface area contributed by atoms with Gasteiger partial charge >= 0.3 is 0 Å². The number of nitrogens with one attached hydrogen (secondary N) is 1. The fourth-order valence-electron chi connectivity index (χ4n) is 1.78. The fourth-order valence-corrected chi connectivity index (χ4v) is 1.78. The van der Waals surface area contributed by atoms with Gasteiger partial charge in [-0.15, -0.1) is 0 Å². The Bertz CT molecular complexity index is 564. The van der Waals surface area contributed by atoms with Crippen molar-refractivity contribution < 1.29 is 10.0 Å². The molecule has 0 heterocycles. The maximum absolute atomic E-state index is 10.6. The maximum atomic E-state index is 10.6. The third-order valence-corrected chi connectivity index (χ3v) is 2.85. The van der Waals surface area contributed by atoms with E-state index in [0.29, 0.717) is 0 Å². The Labute approximate surface area is 110 Å². The normalized spacial score (nSPS) is 11.8. The van der Waals surface area contributed by atoms with Crippen molar-refractivity contribution in [2.24, 2.45) is 0 Å². The lowest BCUT2D eigenvalue weighted by Crippen LogP contribution is -2.06. The lowest BCUT2D eigenvalue weighted by atomic mass is 10.1. The Morgan fingerprint density at radius 3 is 2.21 bits per heavy atom. The van der Waals surface area contributed by atoms with Crippen LogP contribution in [0.5, 0.6) is 5.75 Å². The molecular formula is C14H14N2O3. The van der Waals surface area contributed by atoms with Crippen molar-refractivity contribution in [1.29, 1.82) is 0 Å². The Kier molecular flexibility index (Phi) is 3.66. The highest BCUT2D eigenvalue weighted by Gasteiger charge is 2.08. The highest BCUT2D eigenvalue weighted by Crippen LogP contribution is 2.22. The molecule has 0 aliphatic carbocycles. The molecule has 5 heteroatoms. The van der Waals surface area contributed by atoms with Crippen LogP contribution in [0.15, 0.2) is 48.5 Å². The van der Waals surface area contributed by atoms with Crippen molar-refractivity contribution in [3.63, 3.8) is 0 Å². The first-order chi connectivity index (χ1) is 9.06. The Hall–Kier alpha value is -2.56. The topological polar surface area (TPSA) is 75.4 Å². The molecule has 2 aromatic rings. The number of anilines is 1. The standard InChI is InChI=1S/C14H14N2O3/c1-10(15-12-4-8-14(17)9-5-12)11-2-6-13(7-3-11)16(18)19/h2-10,15,17H,1H3. The molecule has 2 aromatic carbocycles. The largest absolute Gasteiger partial charge is 0.508 e. The quantitative estimate of drug-likeness (QED) is 0.500. The average Bonchev–Trinajstić information content (AvgIpc) is 2.41. The zero-order chi connectivity index (χ0) is 13.8. The van der Waals surface area contributed by atoms with Gasteiger partial charge in [0, 0.05) is 23.9 Å². The van der Waals surface area contributed by atoms with Crippen LogP contribution in [0.3, 0.4) is 0 Å². The van der Waals surface area contributed by atoms with Crippen LogP contribution >= 0.6 is 0 Å². The summed E-state index contributed by atoms with van der Waals surface area (Å²) in [5, 5.41) is 23.0. The minimum atomic E-state index is -0.415. The monoisotopic (exact) mass is 258 g/mol. The molecule has 0 spiro atoms. The highest BCUT2D eigenvalue weighted by atomic mass is 16.6. The summed E-state index contributed by atoms with van der Waals surface area (Å²) in [5.41, 5.74) is 1.92. The molecule has 0 aliphatic heterocycles. The number of phenolic OH excluding ortho intramolecular Hbond substituents is 1. The molecule has 2 rings (SSSR count). The highest BCUT2D eigenvalue weighted by molar-refractivity contribution is 5.48. The molecule has 19 heavy (non-hydrogen) atoms. The first-order valence-electron chi connectivity index (χ1n) is 5.86. The van der Waals surface area contributed by atoms with Gasteiger partial charge in [0.2, 0.25) is 0 Å². The molecule has 0 amide bonds. The Balaban J connectivity index is 2.09. The van der Waals surface area contributed by atoms with Crippen LogP contribution < -0.4 is 5.32 Å². The van der Waals surface area contributed by atoms with Crippen LogP contribution in [0.25, 0.3) is 0 Å². The molecule has 0 aliphatic rings. The number of benzene rings is 2. The summed E-state index contributed by atoms with van der Waals surface area (Å²) in [4.78, 5) is 10.2. The Morgan fingerprint density at radius 2 is 1.68 bits per heavy atom. The van der Waals surface area contributed by atoms with Crippen molar-refractivity contribution in [3.8, 4) is 5.75 Å². The Morgan fingerprint density at radius 1 is 1.11 bits per heavy atom. The summed E-state index contributed by atoms with van der Waals surface area (Å²) in [6, 6.07) is 13.2. The van der Waals surface area contributed by atoms with Crippen LogP contribution in [0.4, 0.5) is 11.4 Å². The van der Waals surface area contributed by atoms with E-state index < -0.39 is 4.92 Å². The molecule has 2 N–H and O–H groups in total. The van der Waals surface area contributed by atoms with Crippen LogP contribution in [0, 0.1) is 10.1 Å². The van der Waals surface area contributed by atoms with E-state index in [1.54, 1.807) is 36.4 Å². The second-order valence-electron chi connectivity index (χ2n) is 4.26. The lowest BCUT2D eigenvalue weighted by Gasteiger charge is -2.15. The number of nitro benzene ring substituents is 1. The molecule has 0 fully saturated rings. The molecule has 1 atom stereocenters. The first kappa shape index (κ1) is 12.9. The van der Waals surface area contributed by atoms with Crippen molar-refractivity contribution >= 4 is 11.4 Å². The summed E-state index contributed by atoms with van der Waals surface area (Å²) in [6.45, 7) is 1.97. The van der Waals surface area contributed by atoms with E-state index in [-0.39, 0.29) is 17.5 Å². The molecule has 0 bridgehead atoms. The second kappa shape index (κ2) is 5.39. The third kappa shape index (κ3) is 3.22. The smallest absolute Gasteiger partial charge is 0.269 e. The molecule has 0 radical (unpaired) electrons. The molecule has 0 saturated heterocycles. The summed E-state index contributed by atoms with van der Waals surface area (Å²) >= 11 is 0. The van der Waals surface area contributed by atoms with Gasteiger partial charge in [0.05, 0.1) is 4.92 Å². The molecule has 5 nitrogen and oxygen atoms in total. The number of nitro groups is 1. The predicted molar refractivity (Wildman–Crippen MR) is 73.2 cm³/mol. The minimum Gasteiger partial charge on any atom is -0.508 e. The van der Waals surface area contributed by atoms with Gasteiger partial charge in [-0.3, -0.25) is 10.1 Å². The summed E-state index contributed by atoms with van der Waals surface area (Å²) in [7, 11) is 0. The van der Waals surface area contributed by atoms with Gasteiger partial charge in [0.1, 0.15) is 5.75 Å². The zero-order valence-corrected chi connectivity index (χ0v) is 10.4. The number of hydrogen-bond acceptors (Lipinski definition) is 4. The van der Waals surface area contributed by atoms with Crippen LogP contribution in [-0.2, 0) is 0 Å². The van der Waals surface area contributed by atoms with E-state index in [0.717, 1.165) is 11.3 Å². The first-order valence-corrected chi connectivity index (χ1v) is 5.86. The number of aromatic hydroxyl groups is 1. The van der Waals surface area contributed by atoms with Crippen molar-refractivity contribution in [3.05, 3.63) is 64.2 Å². The van der Waals surface area contributed by atoms with E-state index in [2.05, 4.69) is 5.32 Å².